The van der Waals surface area contributed by atoms with Crippen LogP contribution in [0.1, 0.15) is 17.0 Å². The molecule has 0 radical (unpaired) electrons. The molecule has 0 bridgehead atoms. The van der Waals surface area contributed by atoms with Crippen molar-refractivity contribution < 1.29 is 8.42 Å². The maximum absolute atomic E-state index is 12.6. The molecule has 0 saturated carbocycles. The van der Waals surface area contributed by atoms with Gasteiger partial charge in [0.1, 0.15) is 0 Å². The van der Waals surface area contributed by atoms with Gasteiger partial charge in [0.25, 0.3) is 10.0 Å². The van der Waals surface area contributed by atoms with Gasteiger partial charge in [0.2, 0.25) is 5.96 Å². The molecule has 0 saturated heterocycles. The molecule has 0 amide bonds. The van der Waals surface area contributed by atoms with Gasteiger partial charge in [-0.1, -0.05) is 41.4 Å². The zero-order chi connectivity index (χ0) is 22.0. The molecule has 31 heavy (non-hydrogen) atoms. The highest BCUT2D eigenvalue weighted by molar-refractivity contribution is 7.90. The number of pyridine rings is 1. The third-order valence-electron chi connectivity index (χ3n) is 4.73. The highest BCUT2D eigenvalue weighted by Crippen LogP contribution is 2.29. The Bertz CT molecular complexity index is 1250. The summed E-state index contributed by atoms with van der Waals surface area (Å²) < 4.78 is 29.0. The summed E-state index contributed by atoms with van der Waals surface area (Å²) in [5.41, 5.74) is 8.54. The van der Waals surface area contributed by atoms with Gasteiger partial charge in [0.05, 0.1) is 17.2 Å². The molecule has 1 atom stereocenters. The van der Waals surface area contributed by atoms with Crippen LogP contribution >= 0.6 is 23.2 Å². The van der Waals surface area contributed by atoms with E-state index in [0.29, 0.717) is 22.3 Å². The summed E-state index contributed by atoms with van der Waals surface area (Å²) in [7, 11) is -4.02. The van der Waals surface area contributed by atoms with Crippen molar-refractivity contribution in [3.63, 3.8) is 0 Å². The average Bonchev–Trinajstić information content (AvgIpc) is 3.21. The lowest BCUT2D eigenvalue weighted by Crippen LogP contribution is -2.33. The van der Waals surface area contributed by atoms with E-state index in [1.165, 1.54) is 29.3 Å². The Labute approximate surface area is 189 Å². The average molecular weight is 474 g/mol. The molecule has 2 N–H and O–H groups in total. The van der Waals surface area contributed by atoms with Crippen LogP contribution < -0.4 is 5.73 Å². The van der Waals surface area contributed by atoms with Crippen LogP contribution in [0.2, 0.25) is 10.0 Å². The van der Waals surface area contributed by atoms with E-state index in [9.17, 15) is 8.42 Å². The SMILES string of the molecule is NC(=NS(=O)(=O)c1ccc(Cl)cc1)N1CC(c2cccnc2)C(c2ccc(Cl)cc2)=N1. The first-order chi connectivity index (χ1) is 14.8. The Morgan fingerprint density at radius 2 is 1.68 bits per heavy atom. The minimum Gasteiger partial charge on any atom is -0.367 e. The quantitative estimate of drug-likeness (QED) is 0.457. The number of guanidine groups is 1. The van der Waals surface area contributed by atoms with Crippen molar-refractivity contribution in [2.24, 2.45) is 15.2 Å². The summed E-state index contributed by atoms with van der Waals surface area (Å²) in [6, 6.07) is 16.7. The third-order valence-corrected chi connectivity index (χ3v) is 6.53. The summed E-state index contributed by atoms with van der Waals surface area (Å²) >= 11 is 11.9. The second-order valence-corrected chi connectivity index (χ2v) is 9.27. The van der Waals surface area contributed by atoms with E-state index in [4.69, 9.17) is 28.9 Å². The topological polar surface area (TPSA) is 101 Å². The van der Waals surface area contributed by atoms with Gasteiger partial charge in [-0.25, -0.2) is 5.01 Å². The largest absolute Gasteiger partial charge is 0.367 e. The van der Waals surface area contributed by atoms with Gasteiger partial charge < -0.3 is 5.73 Å². The monoisotopic (exact) mass is 473 g/mol. The molecule has 7 nitrogen and oxygen atoms in total. The first-order valence-electron chi connectivity index (χ1n) is 9.21. The summed E-state index contributed by atoms with van der Waals surface area (Å²) in [6.45, 7) is 0.315. The highest BCUT2D eigenvalue weighted by Gasteiger charge is 2.31. The van der Waals surface area contributed by atoms with E-state index in [1.807, 2.05) is 24.3 Å². The molecule has 3 aromatic rings. The Kier molecular flexibility index (Phi) is 5.95. The summed E-state index contributed by atoms with van der Waals surface area (Å²) in [5.74, 6) is -0.408. The molecule has 0 aliphatic carbocycles. The van der Waals surface area contributed by atoms with Gasteiger partial charge in [-0.3, -0.25) is 4.98 Å². The molecular formula is C21H17Cl2N5O2S. The molecule has 1 aliphatic heterocycles. The second kappa shape index (κ2) is 8.66. The number of hydrazone groups is 1. The fraction of sp³-hybridized carbons (Fsp3) is 0.0952. The van der Waals surface area contributed by atoms with Crippen molar-refractivity contribution >= 4 is 44.9 Å². The van der Waals surface area contributed by atoms with Crippen LogP contribution in [-0.4, -0.2) is 36.6 Å². The van der Waals surface area contributed by atoms with E-state index in [0.717, 1.165) is 11.1 Å². The van der Waals surface area contributed by atoms with E-state index < -0.39 is 10.0 Å². The number of rotatable bonds is 4. The zero-order valence-electron chi connectivity index (χ0n) is 16.1. The number of sulfonamides is 1. The van der Waals surface area contributed by atoms with E-state index >= 15 is 0 Å². The predicted octanol–water partition coefficient (Wildman–Crippen LogP) is 3.90. The van der Waals surface area contributed by atoms with E-state index in [2.05, 4.69) is 14.5 Å². The molecule has 1 aromatic heterocycles. The van der Waals surface area contributed by atoms with Crippen molar-refractivity contribution in [2.45, 2.75) is 10.8 Å². The van der Waals surface area contributed by atoms with Gasteiger partial charge in [-0.05, 0) is 53.6 Å². The Balaban J connectivity index is 1.70. The first-order valence-corrected chi connectivity index (χ1v) is 11.4. The third kappa shape index (κ3) is 4.71. The van der Waals surface area contributed by atoms with Crippen LogP contribution in [0.5, 0.6) is 0 Å². The summed E-state index contributed by atoms with van der Waals surface area (Å²) in [4.78, 5) is 4.18. The highest BCUT2D eigenvalue weighted by atomic mass is 35.5. The number of aromatic nitrogens is 1. The van der Waals surface area contributed by atoms with Crippen LogP contribution in [0, 0.1) is 0 Å². The molecule has 1 aliphatic rings. The molecule has 10 heteroatoms. The molecule has 0 fully saturated rings. The van der Waals surface area contributed by atoms with Gasteiger partial charge in [0, 0.05) is 28.4 Å². The normalized spacial score (nSPS) is 17.0. The van der Waals surface area contributed by atoms with Crippen LogP contribution in [0.15, 0.2) is 87.5 Å². The van der Waals surface area contributed by atoms with Crippen molar-refractivity contribution in [3.8, 4) is 0 Å². The molecule has 0 spiro atoms. The standard InChI is InChI=1S/C21H17Cl2N5O2S/c22-16-5-3-14(4-6-16)20-19(15-2-1-11-25-12-15)13-28(26-20)21(24)27-31(29,30)18-9-7-17(23)8-10-18/h1-12,19H,13H2,(H2,24,27). The number of hydrogen-bond donors (Lipinski definition) is 1. The minimum absolute atomic E-state index is 0.00948. The Hall–Kier alpha value is -2.94. The van der Waals surface area contributed by atoms with Gasteiger partial charge in [-0.2, -0.15) is 13.5 Å². The lowest BCUT2D eigenvalue weighted by atomic mass is 9.92. The zero-order valence-corrected chi connectivity index (χ0v) is 18.4. The molecule has 2 aromatic carbocycles. The Morgan fingerprint density at radius 3 is 2.29 bits per heavy atom. The van der Waals surface area contributed by atoms with Crippen LogP contribution in [0.4, 0.5) is 0 Å². The predicted molar refractivity (Wildman–Crippen MR) is 122 cm³/mol. The lowest BCUT2D eigenvalue weighted by Gasteiger charge is -2.15. The molecule has 1 unspecified atom stereocenters. The fourth-order valence-electron chi connectivity index (χ4n) is 3.20. The number of halogens is 2. The minimum atomic E-state index is -4.02. The second-order valence-electron chi connectivity index (χ2n) is 6.79. The van der Waals surface area contributed by atoms with E-state index in [-0.39, 0.29) is 16.8 Å². The molecule has 158 valence electrons. The maximum atomic E-state index is 12.6. The Morgan fingerprint density at radius 1 is 1.03 bits per heavy atom. The van der Waals surface area contributed by atoms with Crippen molar-refractivity contribution in [3.05, 3.63) is 94.2 Å². The molecule has 4 rings (SSSR count). The van der Waals surface area contributed by atoms with Crippen molar-refractivity contribution in [1.82, 2.24) is 9.99 Å². The van der Waals surface area contributed by atoms with Gasteiger partial charge >= 0.3 is 0 Å². The first kappa shape index (κ1) is 21.3. The summed E-state index contributed by atoms with van der Waals surface area (Å²) in [5, 5.41) is 6.99. The van der Waals surface area contributed by atoms with Crippen molar-refractivity contribution in [1.29, 1.82) is 0 Å². The summed E-state index contributed by atoms with van der Waals surface area (Å²) in [6.07, 6.45) is 3.43. The van der Waals surface area contributed by atoms with Crippen molar-refractivity contribution in [2.75, 3.05) is 6.54 Å². The smallest absolute Gasteiger partial charge is 0.285 e. The van der Waals surface area contributed by atoms with Crippen LogP contribution in [0.3, 0.4) is 0 Å². The van der Waals surface area contributed by atoms with Gasteiger partial charge in [-0.15, -0.1) is 4.40 Å². The number of nitrogens with two attached hydrogens (primary N) is 1. The maximum Gasteiger partial charge on any atom is 0.285 e. The fourth-order valence-corrected chi connectivity index (χ4v) is 4.38. The van der Waals surface area contributed by atoms with Gasteiger partial charge in [0.15, 0.2) is 0 Å². The molecular weight excluding hydrogens is 457 g/mol. The lowest BCUT2D eigenvalue weighted by molar-refractivity contribution is 0.469. The number of hydrogen-bond acceptors (Lipinski definition) is 4. The number of benzene rings is 2. The van der Waals surface area contributed by atoms with Crippen LogP contribution in [-0.2, 0) is 10.0 Å². The van der Waals surface area contributed by atoms with E-state index in [1.54, 1.807) is 24.5 Å². The number of nitrogens with zero attached hydrogens (tertiary/aromatic N) is 4. The molecule has 2 heterocycles. The van der Waals surface area contributed by atoms with Crippen LogP contribution in [0.25, 0.3) is 0 Å².